The molecule has 2 aliphatic rings. The molecule has 0 aliphatic carbocycles. The van der Waals surface area contributed by atoms with Crippen LogP contribution in [0.5, 0.6) is 5.75 Å². The predicted octanol–water partition coefficient (Wildman–Crippen LogP) is 2.22. The highest BCUT2D eigenvalue weighted by atomic mass is 16.3. The van der Waals surface area contributed by atoms with Gasteiger partial charge in [0.1, 0.15) is 11.8 Å². The number of phenolic OH excluding ortho intramolecular Hbond substituents is 1. The van der Waals surface area contributed by atoms with E-state index in [0.717, 1.165) is 23.1 Å². The van der Waals surface area contributed by atoms with Crippen molar-refractivity contribution in [1.82, 2.24) is 10.2 Å². The van der Waals surface area contributed by atoms with E-state index in [-0.39, 0.29) is 23.6 Å². The van der Waals surface area contributed by atoms with Crippen LogP contribution in [-0.2, 0) is 22.6 Å². The molecule has 1 fully saturated rings. The largest absolute Gasteiger partial charge is 0.508 e. The number of fused-ring (bicyclic) bond motifs is 1. The third kappa shape index (κ3) is 2.97. The lowest BCUT2D eigenvalue weighted by atomic mass is 9.90. The van der Waals surface area contributed by atoms with E-state index in [2.05, 4.69) is 17.4 Å². The number of carbonyl (C=O) groups excluding carboxylic acids is 2. The van der Waals surface area contributed by atoms with Crippen LogP contribution >= 0.6 is 0 Å². The molecule has 5 nitrogen and oxygen atoms in total. The van der Waals surface area contributed by atoms with Gasteiger partial charge in [-0.1, -0.05) is 30.3 Å². The van der Waals surface area contributed by atoms with Crippen LogP contribution in [0.4, 0.5) is 0 Å². The fraction of sp³-hybridized carbons (Fsp3) is 0.300. The Labute approximate surface area is 146 Å². The second-order valence-corrected chi connectivity index (χ2v) is 6.66. The quantitative estimate of drug-likeness (QED) is 0.883. The molecule has 2 aliphatic heterocycles. The van der Waals surface area contributed by atoms with Gasteiger partial charge in [0.2, 0.25) is 11.8 Å². The van der Waals surface area contributed by atoms with Crippen molar-refractivity contribution in [3.63, 3.8) is 0 Å². The molecule has 0 bridgehead atoms. The first kappa shape index (κ1) is 15.7. The number of nitrogens with zero attached hydrogens (tertiary/aromatic N) is 1. The molecule has 1 unspecified atom stereocenters. The normalized spacial score (nSPS) is 19.4. The number of nitrogens with one attached hydrogen (secondary N) is 1. The first-order valence-corrected chi connectivity index (χ1v) is 8.60. The number of rotatable bonds is 2. The van der Waals surface area contributed by atoms with Gasteiger partial charge in [-0.25, -0.2) is 0 Å². The predicted molar refractivity (Wildman–Crippen MR) is 93.8 cm³/mol. The van der Waals surface area contributed by atoms with E-state index in [1.54, 1.807) is 12.1 Å². The van der Waals surface area contributed by atoms with Crippen LogP contribution in [-0.4, -0.2) is 34.4 Å². The second kappa shape index (κ2) is 6.24. The third-order valence-electron chi connectivity index (χ3n) is 5.05. The lowest BCUT2D eigenvalue weighted by Gasteiger charge is -2.32. The number of benzene rings is 2. The first-order chi connectivity index (χ1) is 12.1. The molecule has 1 atom stereocenters. The van der Waals surface area contributed by atoms with E-state index in [0.29, 0.717) is 25.9 Å². The number of hydrogen-bond donors (Lipinski definition) is 2. The fourth-order valence-corrected chi connectivity index (χ4v) is 3.73. The summed E-state index contributed by atoms with van der Waals surface area (Å²) in [5.41, 5.74) is 4.62. The summed E-state index contributed by atoms with van der Waals surface area (Å²) in [6.07, 6.45) is 1.82. The third-order valence-corrected chi connectivity index (χ3v) is 5.05. The SMILES string of the molecule is O=C1CCC(C(=O)N2CCc3c(cccc3-c3ccc(O)cc3)C2)N1. The highest BCUT2D eigenvalue weighted by molar-refractivity contribution is 5.91. The lowest BCUT2D eigenvalue weighted by molar-refractivity contribution is -0.135. The minimum atomic E-state index is -0.366. The number of amides is 2. The Balaban J connectivity index is 1.58. The summed E-state index contributed by atoms with van der Waals surface area (Å²) in [7, 11) is 0. The van der Waals surface area contributed by atoms with Crippen LogP contribution in [0.15, 0.2) is 42.5 Å². The van der Waals surface area contributed by atoms with Crippen LogP contribution < -0.4 is 5.32 Å². The molecule has 0 radical (unpaired) electrons. The van der Waals surface area contributed by atoms with Gasteiger partial charge in [0, 0.05) is 19.5 Å². The molecule has 2 aromatic rings. The van der Waals surface area contributed by atoms with Crippen molar-refractivity contribution < 1.29 is 14.7 Å². The summed E-state index contributed by atoms with van der Waals surface area (Å²) in [6.45, 7) is 1.24. The minimum Gasteiger partial charge on any atom is -0.508 e. The summed E-state index contributed by atoms with van der Waals surface area (Å²) in [4.78, 5) is 25.8. The summed E-state index contributed by atoms with van der Waals surface area (Å²) in [6, 6.07) is 13.0. The van der Waals surface area contributed by atoms with Gasteiger partial charge < -0.3 is 15.3 Å². The summed E-state index contributed by atoms with van der Waals surface area (Å²) < 4.78 is 0. The van der Waals surface area contributed by atoms with Crippen LogP contribution in [0.3, 0.4) is 0 Å². The van der Waals surface area contributed by atoms with Crippen molar-refractivity contribution in [2.45, 2.75) is 31.8 Å². The molecule has 4 rings (SSSR count). The van der Waals surface area contributed by atoms with Gasteiger partial charge >= 0.3 is 0 Å². The van der Waals surface area contributed by atoms with Gasteiger partial charge in [-0.2, -0.15) is 0 Å². The summed E-state index contributed by atoms with van der Waals surface area (Å²) in [5, 5.41) is 12.2. The molecule has 2 heterocycles. The molecule has 2 amide bonds. The van der Waals surface area contributed by atoms with Crippen molar-refractivity contribution in [3.8, 4) is 16.9 Å². The monoisotopic (exact) mass is 336 g/mol. The van der Waals surface area contributed by atoms with E-state index >= 15 is 0 Å². The molecule has 2 aromatic carbocycles. The average molecular weight is 336 g/mol. The Morgan fingerprint density at radius 1 is 1.12 bits per heavy atom. The summed E-state index contributed by atoms with van der Waals surface area (Å²) in [5.74, 6) is 0.237. The van der Waals surface area contributed by atoms with Crippen molar-refractivity contribution in [3.05, 3.63) is 53.6 Å². The second-order valence-electron chi connectivity index (χ2n) is 6.66. The Kier molecular flexibility index (Phi) is 3.92. The lowest BCUT2D eigenvalue weighted by Crippen LogP contribution is -2.46. The number of phenols is 1. The number of hydrogen-bond acceptors (Lipinski definition) is 3. The molecule has 25 heavy (non-hydrogen) atoms. The van der Waals surface area contributed by atoms with Crippen molar-refractivity contribution >= 4 is 11.8 Å². The van der Waals surface area contributed by atoms with Crippen LogP contribution in [0, 0.1) is 0 Å². The smallest absolute Gasteiger partial charge is 0.245 e. The molecular formula is C20H20N2O3. The van der Waals surface area contributed by atoms with E-state index in [4.69, 9.17) is 0 Å². The first-order valence-electron chi connectivity index (χ1n) is 8.60. The molecule has 128 valence electrons. The number of carbonyl (C=O) groups is 2. The Hall–Kier alpha value is -2.82. The standard InChI is InChI=1S/C20H20N2O3/c23-15-6-4-13(5-7-15)16-3-1-2-14-12-22(11-10-17(14)16)20(25)18-8-9-19(24)21-18/h1-7,18,23H,8-12H2,(H,21,24). The van der Waals surface area contributed by atoms with Crippen LogP contribution in [0.25, 0.3) is 11.1 Å². The minimum absolute atomic E-state index is 0.0199. The van der Waals surface area contributed by atoms with Gasteiger partial charge in [-0.05, 0) is 47.2 Å². The van der Waals surface area contributed by atoms with Gasteiger partial charge in [-0.15, -0.1) is 0 Å². The molecule has 5 heteroatoms. The van der Waals surface area contributed by atoms with E-state index in [1.165, 1.54) is 5.56 Å². The molecule has 2 N–H and O–H groups in total. The zero-order valence-electron chi connectivity index (χ0n) is 13.9. The zero-order valence-corrected chi connectivity index (χ0v) is 13.9. The Bertz CT molecular complexity index is 829. The van der Waals surface area contributed by atoms with Crippen molar-refractivity contribution in [1.29, 1.82) is 0 Å². The Morgan fingerprint density at radius 3 is 2.64 bits per heavy atom. The fourth-order valence-electron chi connectivity index (χ4n) is 3.73. The van der Waals surface area contributed by atoms with Crippen LogP contribution in [0.2, 0.25) is 0 Å². The number of aromatic hydroxyl groups is 1. The van der Waals surface area contributed by atoms with E-state index < -0.39 is 0 Å². The summed E-state index contributed by atoms with van der Waals surface area (Å²) >= 11 is 0. The van der Waals surface area contributed by atoms with Gasteiger partial charge in [0.05, 0.1) is 0 Å². The van der Waals surface area contributed by atoms with Gasteiger partial charge in [-0.3, -0.25) is 9.59 Å². The molecule has 0 saturated carbocycles. The molecular weight excluding hydrogens is 316 g/mol. The van der Waals surface area contributed by atoms with Crippen molar-refractivity contribution in [2.75, 3.05) is 6.54 Å². The van der Waals surface area contributed by atoms with E-state index in [9.17, 15) is 14.7 Å². The molecule has 0 aromatic heterocycles. The maximum atomic E-state index is 12.6. The van der Waals surface area contributed by atoms with Crippen LogP contribution in [0.1, 0.15) is 24.0 Å². The zero-order chi connectivity index (χ0) is 17.4. The van der Waals surface area contributed by atoms with Gasteiger partial charge in [0.25, 0.3) is 0 Å². The topological polar surface area (TPSA) is 69.6 Å². The maximum Gasteiger partial charge on any atom is 0.245 e. The van der Waals surface area contributed by atoms with Crippen molar-refractivity contribution in [2.24, 2.45) is 0 Å². The van der Waals surface area contributed by atoms with E-state index in [1.807, 2.05) is 23.1 Å². The van der Waals surface area contributed by atoms with Gasteiger partial charge in [0.15, 0.2) is 0 Å². The maximum absolute atomic E-state index is 12.6. The highest BCUT2D eigenvalue weighted by Gasteiger charge is 2.32. The Morgan fingerprint density at radius 2 is 1.92 bits per heavy atom. The molecule has 0 spiro atoms. The molecule has 1 saturated heterocycles. The average Bonchev–Trinajstić information content (AvgIpc) is 3.07. The highest BCUT2D eigenvalue weighted by Crippen LogP contribution is 2.31.